The van der Waals surface area contributed by atoms with E-state index in [2.05, 4.69) is 24.3 Å². The van der Waals surface area contributed by atoms with Gasteiger partial charge in [0.25, 0.3) is 5.91 Å². The van der Waals surface area contributed by atoms with Crippen LogP contribution in [-0.2, 0) is 0 Å². The highest BCUT2D eigenvalue weighted by Crippen LogP contribution is 2.37. The smallest absolute Gasteiger partial charge is 0.258 e. The minimum atomic E-state index is -0.0595. The number of carbonyl (C=O) groups excluding carboxylic acids is 1. The van der Waals surface area contributed by atoms with Gasteiger partial charge in [0.15, 0.2) is 11.5 Å². The van der Waals surface area contributed by atoms with E-state index in [9.17, 15) is 4.79 Å². The molecule has 5 heteroatoms. The van der Waals surface area contributed by atoms with Crippen LogP contribution in [0.3, 0.4) is 0 Å². The lowest BCUT2D eigenvalue weighted by Crippen LogP contribution is -2.31. The zero-order valence-electron chi connectivity index (χ0n) is 17.6. The number of hydrogen-bond donors (Lipinski definition) is 0. The van der Waals surface area contributed by atoms with Gasteiger partial charge in [-0.1, -0.05) is 36.4 Å². The minimum Gasteiger partial charge on any atom is -0.493 e. The van der Waals surface area contributed by atoms with Crippen LogP contribution in [0.25, 0.3) is 11.1 Å². The topological polar surface area (TPSA) is 51.7 Å². The number of aromatic nitrogens is 1. The molecule has 0 bridgehead atoms. The molecule has 1 atom stereocenters. The van der Waals surface area contributed by atoms with E-state index in [1.54, 1.807) is 26.4 Å². The fourth-order valence-electron chi connectivity index (χ4n) is 4.19. The van der Waals surface area contributed by atoms with Crippen LogP contribution in [0.15, 0.2) is 60.7 Å². The summed E-state index contributed by atoms with van der Waals surface area (Å²) in [5.41, 5.74) is 4.66. The zero-order chi connectivity index (χ0) is 21.1. The monoisotopic (exact) mass is 402 g/mol. The third-order valence-electron chi connectivity index (χ3n) is 5.57. The third kappa shape index (κ3) is 3.75. The Morgan fingerprint density at radius 1 is 1.00 bits per heavy atom. The third-order valence-corrected chi connectivity index (χ3v) is 5.57. The normalized spacial score (nSPS) is 15.8. The molecule has 30 heavy (non-hydrogen) atoms. The molecule has 2 heterocycles. The highest BCUT2D eigenvalue weighted by molar-refractivity contribution is 5.98. The molecular formula is C25H26N2O3. The minimum absolute atomic E-state index is 0.0576. The Hall–Kier alpha value is -3.34. The number of methoxy groups -OCH3 is 2. The number of aryl methyl sites for hydroxylation is 1. The SMILES string of the molecule is COc1cccc(C(=O)N2CCC[C@@H]2c2cc(-c3ccccc3)cc(C)n2)c1OC. The molecule has 1 aliphatic rings. The highest BCUT2D eigenvalue weighted by atomic mass is 16.5. The first-order valence-electron chi connectivity index (χ1n) is 10.2. The van der Waals surface area contributed by atoms with Crippen molar-refractivity contribution in [2.75, 3.05) is 20.8 Å². The molecule has 3 aromatic rings. The highest BCUT2D eigenvalue weighted by Gasteiger charge is 2.33. The maximum Gasteiger partial charge on any atom is 0.258 e. The predicted molar refractivity (Wildman–Crippen MR) is 117 cm³/mol. The van der Waals surface area contributed by atoms with Gasteiger partial charge in [-0.3, -0.25) is 9.78 Å². The summed E-state index contributed by atoms with van der Waals surface area (Å²) in [7, 11) is 3.14. The number of nitrogens with zero attached hydrogens (tertiary/aromatic N) is 2. The van der Waals surface area contributed by atoms with Crippen molar-refractivity contribution >= 4 is 5.91 Å². The maximum absolute atomic E-state index is 13.5. The number of hydrogen-bond acceptors (Lipinski definition) is 4. The van der Waals surface area contributed by atoms with E-state index in [-0.39, 0.29) is 11.9 Å². The number of carbonyl (C=O) groups is 1. The molecule has 1 aromatic heterocycles. The molecule has 0 spiro atoms. The summed E-state index contributed by atoms with van der Waals surface area (Å²) in [6.45, 7) is 2.70. The van der Waals surface area contributed by atoms with Crippen LogP contribution in [0.1, 0.15) is 40.6 Å². The molecule has 2 aromatic carbocycles. The summed E-state index contributed by atoms with van der Waals surface area (Å²) in [5.74, 6) is 0.967. The van der Waals surface area contributed by atoms with Crippen molar-refractivity contribution in [3.05, 3.63) is 77.6 Å². The van der Waals surface area contributed by atoms with E-state index in [4.69, 9.17) is 14.5 Å². The van der Waals surface area contributed by atoms with Crippen molar-refractivity contribution in [1.82, 2.24) is 9.88 Å². The summed E-state index contributed by atoms with van der Waals surface area (Å²) in [4.78, 5) is 20.2. The number of pyridine rings is 1. The van der Waals surface area contributed by atoms with E-state index >= 15 is 0 Å². The number of para-hydroxylation sites is 1. The summed E-state index contributed by atoms with van der Waals surface area (Å²) in [5, 5.41) is 0. The van der Waals surface area contributed by atoms with Crippen LogP contribution in [0.4, 0.5) is 0 Å². The molecule has 154 valence electrons. The molecule has 0 aliphatic carbocycles. The Morgan fingerprint density at radius 2 is 1.80 bits per heavy atom. The molecule has 1 saturated heterocycles. The number of rotatable bonds is 5. The van der Waals surface area contributed by atoms with Gasteiger partial charge in [0.05, 0.1) is 31.5 Å². The second-order valence-corrected chi connectivity index (χ2v) is 7.49. The molecule has 1 aliphatic heterocycles. The summed E-state index contributed by atoms with van der Waals surface area (Å²) >= 11 is 0. The van der Waals surface area contributed by atoms with E-state index in [1.165, 1.54) is 0 Å². The molecule has 0 saturated carbocycles. The Bertz CT molecular complexity index is 1050. The van der Waals surface area contributed by atoms with Gasteiger partial charge in [-0.25, -0.2) is 0 Å². The molecule has 5 nitrogen and oxygen atoms in total. The van der Waals surface area contributed by atoms with Crippen LogP contribution in [-0.4, -0.2) is 36.6 Å². The van der Waals surface area contributed by atoms with Gasteiger partial charge in [-0.05, 0) is 55.2 Å². The molecule has 1 fully saturated rings. The van der Waals surface area contributed by atoms with E-state index < -0.39 is 0 Å². The van der Waals surface area contributed by atoms with Gasteiger partial charge in [0, 0.05) is 12.2 Å². The van der Waals surface area contributed by atoms with Gasteiger partial charge in [0.2, 0.25) is 0 Å². The quantitative estimate of drug-likeness (QED) is 0.599. The number of amides is 1. The standard InChI is InChI=1S/C25H26N2O3/c1-17-15-19(18-9-5-4-6-10-18)16-21(26-17)22-12-8-14-27(22)25(28)20-11-7-13-23(29-2)24(20)30-3/h4-7,9-11,13,15-16,22H,8,12,14H2,1-3H3/t22-/m1/s1. The first-order chi connectivity index (χ1) is 14.6. The second-order valence-electron chi connectivity index (χ2n) is 7.49. The Balaban J connectivity index is 1.70. The molecule has 4 rings (SSSR count). The molecule has 0 unspecified atom stereocenters. The lowest BCUT2D eigenvalue weighted by molar-refractivity contribution is 0.0728. The Kier molecular flexibility index (Phi) is 5.70. The van der Waals surface area contributed by atoms with Crippen molar-refractivity contribution in [3.8, 4) is 22.6 Å². The first-order valence-corrected chi connectivity index (χ1v) is 10.2. The average Bonchev–Trinajstić information content (AvgIpc) is 3.28. The fraction of sp³-hybridized carbons (Fsp3) is 0.280. The molecular weight excluding hydrogens is 376 g/mol. The van der Waals surface area contributed by atoms with Crippen molar-refractivity contribution in [2.24, 2.45) is 0 Å². The molecule has 0 radical (unpaired) electrons. The average molecular weight is 402 g/mol. The molecule has 1 amide bonds. The summed E-state index contributed by atoms with van der Waals surface area (Å²) < 4.78 is 10.9. The van der Waals surface area contributed by atoms with Crippen LogP contribution in [0.5, 0.6) is 11.5 Å². The zero-order valence-corrected chi connectivity index (χ0v) is 17.6. The van der Waals surface area contributed by atoms with E-state index in [0.717, 1.165) is 35.4 Å². The first kappa shape index (κ1) is 20.0. The van der Waals surface area contributed by atoms with Gasteiger partial charge in [-0.2, -0.15) is 0 Å². The van der Waals surface area contributed by atoms with Crippen molar-refractivity contribution in [2.45, 2.75) is 25.8 Å². The predicted octanol–water partition coefficient (Wildman–Crippen LogP) is 5.05. The number of likely N-dealkylation sites (tertiary alicyclic amines) is 1. The van der Waals surface area contributed by atoms with Gasteiger partial charge >= 0.3 is 0 Å². The van der Waals surface area contributed by atoms with Gasteiger partial charge in [-0.15, -0.1) is 0 Å². The van der Waals surface area contributed by atoms with Gasteiger partial charge < -0.3 is 14.4 Å². The van der Waals surface area contributed by atoms with Crippen molar-refractivity contribution in [1.29, 1.82) is 0 Å². The Morgan fingerprint density at radius 3 is 2.53 bits per heavy atom. The lowest BCUT2D eigenvalue weighted by Gasteiger charge is -2.26. The maximum atomic E-state index is 13.5. The van der Waals surface area contributed by atoms with Crippen LogP contribution in [0, 0.1) is 6.92 Å². The number of benzene rings is 2. The Labute approximate surface area is 177 Å². The van der Waals surface area contributed by atoms with Crippen molar-refractivity contribution in [3.63, 3.8) is 0 Å². The molecule has 0 N–H and O–H groups in total. The second kappa shape index (κ2) is 8.57. The number of ether oxygens (including phenoxy) is 2. The summed E-state index contributed by atoms with van der Waals surface area (Å²) in [6.07, 6.45) is 1.84. The lowest BCUT2D eigenvalue weighted by atomic mass is 10.0. The van der Waals surface area contributed by atoms with E-state index in [1.807, 2.05) is 36.1 Å². The van der Waals surface area contributed by atoms with Crippen LogP contribution < -0.4 is 9.47 Å². The summed E-state index contributed by atoms with van der Waals surface area (Å²) in [6, 6.07) is 19.8. The van der Waals surface area contributed by atoms with Crippen molar-refractivity contribution < 1.29 is 14.3 Å². The van der Waals surface area contributed by atoms with Crippen LogP contribution in [0.2, 0.25) is 0 Å². The van der Waals surface area contributed by atoms with Crippen LogP contribution >= 0.6 is 0 Å². The largest absolute Gasteiger partial charge is 0.493 e. The van der Waals surface area contributed by atoms with E-state index in [0.29, 0.717) is 23.6 Å². The van der Waals surface area contributed by atoms with Gasteiger partial charge in [0.1, 0.15) is 0 Å². The fourth-order valence-corrected chi connectivity index (χ4v) is 4.19.